The van der Waals surface area contributed by atoms with Gasteiger partial charge in [-0.1, -0.05) is 17.7 Å². The van der Waals surface area contributed by atoms with E-state index in [0.717, 1.165) is 6.07 Å². The minimum atomic E-state index is -4.65. The second-order valence-corrected chi connectivity index (χ2v) is 5.15. The Balaban J connectivity index is 3.20. The summed E-state index contributed by atoms with van der Waals surface area (Å²) in [6.45, 7) is 0. The molecule has 1 unspecified atom stereocenters. The summed E-state index contributed by atoms with van der Waals surface area (Å²) in [6.07, 6.45) is 1.17. The van der Waals surface area contributed by atoms with E-state index in [-0.39, 0.29) is 16.3 Å². The summed E-state index contributed by atoms with van der Waals surface area (Å²) in [5.74, 6) is 0. The van der Waals surface area contributed by atoms with Crippen molar-refractivity contribution in [1.82, 2.24) is 0 Å². The van der Waals surface area contributed by atoms with E-state index in [1.165, 1.54) is 18.4 Å². The summed E-state index contributed by atoms with van der Waals surface area (Å²) < 4.78 is 30.7. The van der Waals surface area contributed by atoms with Crippen molar-refractivity contribution in [3.05, 3.63) is 28.8 Å². The zero-order chi connectivity index (χ0) is 13.9. The summed E-state index contributed by atoms with van der Waals surface area (Å²) in [7, 11) is -4.65. The average molecular weight is 292 g/mol. The van der Waals surface area contributed by atoms with E-state index < -0.39 is 21.4 Å². The maximum absolute atomic E-state index is 10.9. The van der Waals surface area contributed by atoms with Crippen molar-refractivity contribution in [2.75, 3.05) is 5.32 Å². The lowest BCUT2D eigenvalue weighted by molar-refractivity contribution is 0.259. The Hall–Kier alpha value is -1.64. The second-order valence-electron chi connectivity index (χ2n) is 3.24. The number of rotatable bonds is 4. The van der Waals surface area contributed by atoms with Crippen LogP contribution in [0.1, 0.15) is 10.8 Å². The van der Waals surface area contributed by atoms with Crippen LogP contribution in [0, 0.1) is 0 Å². The van der Waals surface area contributed by atoms with Crippen LogP contribution < -0.4 is 11.1 Å². The second kappa shape index (κ2) is 5.34. The first-order chi connectivity index (χ1) is 8.25. The van der Waals surface area contributed by atoms with Gasteiger partial charge in [0.25, 0.3) is 10.1 Å². The van der Waals surface area contributed by atoms with Gasteiger partial charge in [-0.15, -0.1) is 0 Å². The molecule has 0 fully saturated rings. The summed E-state index contributed by atoms with van der Waals surface area (Å²) in [5.41, 5.74) is 4.95. The maximum atomic E-state index is 10.9. The molecule has 4 N–H and O–H groups in total. The van der Waals surface area contributed by atoms with Crippen LogP contribution in [0.15, 0.2) is 18.2 Å². The first-order valence-corrected chi connectivity index (χ1v) is 6.33. The third-order valence-electron chi connectivity index (χ3n) is 1.96. The fourth-order valence-corrected chi connectivity index (χ4v) is 2.25. The number of hydrogen-bond donors (Lipinski definition) is 3. The number of urea groups is 1. The SMILES string of the molecule is NC(=O)Nc1ccc(C([C]=O)S(=O)(=O)O)c(Cl)c1. The van der Waals surface area contributed by atoms with E-state index in [4.69, 9.17) is 21.9 Å². The average Bonchev–Trinajstić information content (AvgIpc) is 2.19. The maximum Gasteiger partial charge on any atom is 0.316 e. The van der Waals surface area contributed by atoms with Gasteiger partial charge in [-0.05, 0) is 17.7 Å². The molecule has 0 bridgehead atoms. The van der Waals surface area contributed by atoms with Crippen molar-refractivity contribution in [2.45, 2.75) is 5.25 Å². The first kappa shape index (κ1) is 14.4. The van der Waals surface area contributed by atoms with E-state index in [9.17, 15) is 18.0 Å². The fraction of sp³-hybridized carbons (Fsp3) is 0.111. The van der Waals surface area contributed by atoms with Crippen LogP contribution in [0.3, 0.4) is 0 Å². The molecule has 97 valence electrons. The van der Waals surface area contributed by atoms with Crippen molar-refractivity contribution in [3.8, 4) is 0 Å². The van der Waals surface area contributed by atoms with E-state index in [1.54, 1.807) is 0 Å². The van der Waals surface area contributed by atoms with Gasteiger partial charge >= 0.3 is 6.03 Å². The van der Waals surface area contributed by atoms with Crippen LogP contribution in [0.2, 0.25) is 5.02 Å². The summed E-state index contributed by atoms with van der Waals surface area (Å²) in [4.78, 5) is 21.1. The lowest BCUT2D eigenvalue weighted by atomic mass is 10.1. The van der Waals surface area contributed by atoms with Gasteiger partial charge in [-0.3, -0.25) is 9.35 Å². The summed E-state index contributed by atoms with van der Waals surface area (Å²) >= 11 is 5.75. The summed E-state index contributed by atoms with van der Waals surface area (Å²) in [6, 6.07) is 2.81. The first-order valence-electron chi connectivity index (χ1n) is 4.45. The number of carbonyl (C=O) groups is 1. The molecule has 1 radical (unpaired) electrons. The Kier molecular flexibility index (Phi) is 4.28. The van der Waals surface area contributed by atoms with Gasteiger partial charge in [0.15, 0.2) is 5.25 Å². The van der Waals surface area contributed by atoms with Crippen molar-refractivity contribution in [1.29, 1.82) is 0 Å². The number of amides is 2. The lowest BCUT2D eigenvalue weighted by Crippen LogP contribution is -2.19. The Morgan fingerprint density at radius 2 is 2.11 bits per heavy atom. The molecule has 0 saturated carbocycles. The van der Waals surface area contributed by atoms with Gasteiger partial charge in [0.2, 0.25) is 6.29 Å². The topological polar surface area (TPSA) is 127 Å². The summed E-state index contributed by atoms with van der Waals surface area (Å²) in [5, 5.41) is 0.185. The molecule has 9 heteroatoms. The van der Waals surface area contributed by atoms with E-state index in [2.05, 4.69) is 5.32 Å². The van der Waals surface area contributed by atoms with Gasteiger partial charge < -0.3 is 11.1 Å². The fourth-order valence-electron chi connectivity index (χ4n) is 1.24. The van der Waals surface area contributed by atoms with Crippen LogP contribution in [0.25, 0.3) is 0 Å². The van der Waals surface area contributed by atoms with Gasteiger partial charge in [0.05, 0.1) is 0 Å². The lowest BCUT2D eigenvalue weighted by Gasteiger charge is -2.10. The number of nitrogens with two attached hydrogens (primary N) is 1. The van der Waals surface area contributed by atoms with Crippen LogP contribution in [0.5, 0.6) is 0 Å². The molecule has 0 aliphatic rings. The molecule has 7 nitrogen and oxygen atoms in total. The van der Waals surface area contributed by atoms with E-state index in [1.807, 2.05) is 0 Å². The molecule has 1 aromatic rings. The molecule has 0 spiro atoms. The molecule has 1 aromatic carbocycles. The quantitative estimate of drug-likeness (QED) is 0.709. The van der Waals surface area contributed by atoms with Crippen molar-refractivity contribution in [2.24, 2.45) is 5.73 Å². The van der Waals surface area contributed by atoms with Crippen molar-refractivity contribution >= 4 is 39.7 Å². The monoisotopic (exact) mass is 291 g/mol. The number of nitrogens with one attached hydrogen (secondary N) is 1. The Morgan fingerprint density at radius 1 is 1.50 bits per heavy atom. The van der Waals surface area contributed by atoms with Crippen molar-refractivity contribution in [3.63, 3.8) is 0 Å². The highest BCUT2D eigenvalue weighted by molar-refractivity contribution is 7.86. The number of halogens is 1. The Morgan fingerprint density at radius 3 is 2.50 bits per heavy atom. The standard InChI is InChI=1S/C9H8ClN2O5S/c10-7-3-5(12-9(11)14)1-2-6(7)8(4-13)18(15,16)17/h1-3,8H,(H3,11,12,14)(H,15,16,17). The van der Waals surface area contributed by atoms with Gasteiger partial charge in [-0.25, -0.2) is 4.79 Å². The van der Waals surface area contributed by atoms with E-state index >= 15 is 0 Å². The minimum Gasteiger partial charge on any atom is -0.351 e. The molecule has 1 atom stereocenters. The zero-order valence-electron chi connectivity index (χ0n) is 8.75. The number of carbonyl (C=O) groups excluding carboxylic acids is 2. The normalized spacial score (nSPS) is 12.8. The predicted octanol–water partition coefficient (Wildman–Crippen LogP) is 0.869. The molecule has 0 aromatic heterocycles. The predicted molar refractivity (Wildman–Crippen MR) is 64.6 cm³/mol. The smallest absolute Gasteiger partial charge is 0.316 e. The van der Waals surface area contributed by atoms with Gasteiger partial charge in [0, 0.05) is 10.7 Å². The molecule has 0 aliphatic carbocycles. The molecule has 0 aliphatic heterocycles. The highest BCUT2D eigenvalue weighted by atomic mass is 35.5. The number of benzene rings is 1. The third kappa shape index (κ3) is 3.42. The van der Waals surface area contributed by atoms with Crippen LogP contribution in [0.4, 0.5) is 10.5 Å². The molecular formula is C9H8ClN2O5S. The highest BCUT2D eigenvalue weighted by Gasteiger charge is 2.27. The molecular weight excluding hydrogens is 284 g/mol. The highest BCUT2D eigenvalue weighted by Crippen LogP contribution is 2.29. The third-order valence-corrected chi connectivity index (χ3v) is 3.23. The van der Waals surface area contributed by atoms with Crippen LogP contribution >= 0.6 is 11.6 Å². The molecule has 0 heterocycles. The molecule has 1 rings (SSSR count). The van der Waals surface area contributed by atoms with Crippen molar-refractivity contribution < 1.29 is 22.6 Å². The van der Waals surface area contributed by atoms with Gasteiger partial charge in [0.1, 0.15) is 0 Å². The number of hydrogen-bond acceptors (Lipinski definition) is 4. The molecule has 18 heavy (non-hydrogen) atoms. The minimum absolute atomic E-state index is 0.132. The number of primary amides is 1. The van der Waals surface area contributed by atoms with Crippen LogP contribution in [-0.4, -0.2) is 25.3 Å². The van der Waals surface area contributed by atoms with Gasteiger partial charge in [-0.2, -0.15) is 8.42 Å². The zero-order valence-corrected chi connectivity index (χ0v) is 10.3. The molecule has 2 amide bonds. The number of anilines is 1. The Labute approximate surface area is 108 Å². The molecule has 0 saturated heterocycles. The van der Waals surface area contributed by atoms with E-state index in [0.29, 0.717) is 0 Å². The van der Waals surface area contributed by atoms with Crippen LogP contribution in [-0.2, 0) is 14.9 Å². The largest absolute Gasteiger partial charge is 0.351 e. The Bertz CT molecular complexity index is 587.